The van der Waals surface area contributed by atoms with Crippen LogP contribution in [0.5, 0.6) is 0 Å². The van der Waals surface area contributed by atoms with Gasteiger partial charge in [0.25, 0.3) is 0 Å². The first-order valence-electron chi connectivity index (χ1n) is 8.69. The van der Waals surface area contributed by atoms with E-state index in [0.29, 0.717) is 12.3 Å². The molecule has 0 saturated carbocycles. The summed E-state index contributed by atoms with van der Waals surface area (Å²) in [6.07, 6.45) is 7.03. The van der Waals surface area contributed by atoms with E-state index < -0.39 is 0 Å². The number of anilines is 1. The quantitative estimate of drug-likeness (QED) is 0.714. The zero-order valence-corrected chi connectivity index (χ0v) is 14.3. The SMILES string of the molecule is Cn1c(-c2ccc(NC(=O)CC3C=CCC3)cc2)nc2ccccc21. The molecule has 0 bridgehead atoms. The van der Waals surface area contributed by atoms with E-state index in [-0.39, 0.29) is 5.91 Å². The van der Waals surface area contributed by atoms with Crippen molar-refractivity contribution in [2.75, 3.05) is 5.32 Å². The van der Waals surface area contributed by atoms with Gasteiger partial charge in [-0.25, -0.2) is 4.98 Å². The third-order valence-electron chi connectivity index (χ3n) is 4.77. The summed E-state index contributed by atoms with van der Waals surface area (Å²) in [5.41, 5.74) is 3.96. The second-order valence-corrected chi connectivity index (χ2v) is 6.58. The lowest BCUT2D eigenvalue weighted by atomic mass is 10.0. The summed E-state index contributed by atoms with van der Waals surface area (Å²) >= 11 is 0. The molecule has 1 aliphatic carbocycles. The van der Waals surface area contributed by atoms with E-state index >= 15 is 0 Å². The van der Waals surface area contributed by atoms with Gasteiger partial charge in [-0.2, -0.15) is 0 Å². The number of fused-ring (bicyclic) bond motifs is 1. The Bertz CT molecular complexity index is 937. The standard InChI is InChI=1S/C21H21N3O/c1-24-19-9-5-4-8-18(19)23-21(24)16-10-12-17(13-11-16)22-20(25)14-15-6-2-3-7-15/h2,4-6,8-13,15H,3,7,14H2,1H3,(H,22,25). The van der Waals surface area contributed by atoms with Crippen LogP contribution in [0.25, 0.3) is 22.4 Å². The monoisotopic (exact) mass is 331 g/mol. The molecule has 3 aromatic rings. The lowest BCUT2D eigenvalue weighted by Gasteiger charge is -2.09. The van der Waals surface area contributed by atoms with Crippen molar-refractivity contribution in [3.63, 3.8) is 0 Å². The maximum absolute atomic E-state index is 12.1. The summed E-state index contributed by atoms with van der Waals surface area (Å²) in [7, 11) is 2.02. The third kappa shape index (κ3) is 3.20. The Kier molecular flexibility index (Phi) is 4.10. The molecule has 1 N–H and O–H groups in total. The molecule has 0 saturated heterocycles. The number of amides is 1. The van der Waals surface area contributed by atoms with E-state index in [4.69, 9.17) is 4.98 Å². The molecule has 4 heteroatoms. The van der Waals surface area contributed by atoms with Crippen LogP contribution >= 0.6 is 0 Å². The number of hydrogen-bond donors (Lipinski definition) is 1. The highest BCUT2D eigenvalue weighted by molar-refractivity contribution is 5.91. The Hall–Kier alpha value is -2.88. The molecule has 4 nitrogen and oxygen atoms in total. The van der Waals surface area contributed by atoms with Gasteiger partial charge >= 0.3 is 0 Å². The van der Waals surface area contributed by atoms with E-state index in [1.165, 1.54) is 0 Å². The van der Waals surface area contributed by atoms with Crippen LogP contribution < -0.4 is 5.32 Å². The number of imidazole rings is 1. The van der Waals surface area contributed by atoms with Gasteiger partial charge in [0.05, 0.1) is 11.0 Å². The average Bonchev–Trinajstić information content (AvgIpc) is 3.24. The van der Waals surface area contributed by atoms with Crippen molar-refractivity contribution in [2.45, 2.75) is 19.3 Å². The molecule has 1 unspecified atom stereocenters. The first kappa shape index (κ1) is 15.6. The van der Waals surface area contributed by atoms with Gasteiger partial charge in [-0.1, -0.05) is 24.3 Å². The number of nitrogens with zero attached hydrogens (tertiary/aromatic N) is 2. The van der Waals surface area contributed by atoms with Gasteiger partial charge in [-0.3, -0.25) is 4.79 Å². The highest BCUT2D eigenvalue weighted by Gasteiger charge is 2.14. The molecule has 1 atom stereocenters. The number of aromatic nitrogens is 2. The van der Waals surface area contributed by atoms with Gasteiger partial charge in [0.2, 0.25) is 5.91 Å². The van der Waals surface area contributed by atoms with Gasteiger partial charge in [0.15, 0.2) is 0 Å². The highest BCUT2D eigenvalue weighted by atomic mass is 16.1. The molecule has 0 spiro atoms. The minimum Gasteiger partial charge on any atom is -0.327 e. The van der Waals surface area contributed by atoms with Crippen molar-refractivity contribution in [1.29, 1.82) is 0 Å². The molecule has 2 aromatic carbocycles. The summed E-state index contributed by atoms with van der Waals surface area (Å²) in [6, 6.07) is 16.0. The summed E-state index contributed by atoms with van der Waals surface area (Å²) < 4.78 is 2.09. The Balaban J connectivity index is 1.50. The van der Waals surface area contributed by atoms with Crippen LogP contribution in [0, 0.1) is 5.92 Å². The lowest BCUT2D eigenvalue weighted by molar-refractivity contribution is -0.116. The van der Waals surface area contributed by atoms with Crippen LogP contribution in [0.15, 0.2) is 60.7 Å². The van der Waals surface area contributed by atoms with Crippen molar-refractivity contribution in [3.05, 3.63) is 60.7 Å². The first-order valence-corrected chi connectivity index (χ1v) is 8.69. The molecule has 126 valence electrons. The molecule has 1 aliphatic rings. The maximum atomic E-state index is 12.1. The average molecular weight is 331 g/mol. The molecule has 0 fully saturated rings. The van der Waals surface area contributed by atoms with Crippen LogP contribution in [-0.4, -0.2) is 15.5 Å². The second-order valence-electron chi connectivity index (χ2n) is 6.58. The van der Waals surface area contributed by atoms with Crippen molar-refractivity contribution >= 4 is 22.6 Å². The number of aryl methyl sites for hydroxylation is 1. The first-order chi connectivity index (χ1) is 12.2. The Labute approximate surface area is 147 Å². The summed E-state index contributed by atoms with van der Waals surface area (Å²) in [5.74, 6) is 1.39. The van der Waals surface area contributed by atoms with Gasteiger partial charge in [-0.15, -0.1) is 0 Å². The fourth-order valence-corrected chi connectivity index (χ4v) is 3.42. The topological polar surface area (TPSA) is 46.9 Å². The van der Waals surface area contributed by atoms with Crippen molar-refractivity contribution in [1.82, 2.24) is 9.55 Å². The smallest absolute Gasteiger partial charge is 0.224 e. The van der Waals surface area contributed by atoms with E-state index in [2.05, 4.69) is 28.1 Å². The molecule has 4 rings (SSSR count). The number of carbonyl (C=O) groups is 1. The zero-order chi connectivity index (χ0) is 17.2. The largest absolute Gasteiger partial charge is 0.327 e. The van der Waals surface area contributed by atoms with E-state index in [0.717, 1.165) is 41.0 Å². The molecular weight excluding hydrogens is 310 g/mol. The van der Waals surface area contributed by atoms with E-state index in [9.17, 15) is 4.79 Å². The maximum Gasteiger partial charge on any atom is 0.224 e. The van der Waals surface area contributed by atoms with Crippen LogP contribution in [0.3, 0.4) is 0 Å². The number of nitrogens with one attached hydrogen (secondary N) is 1. The Morgan fingerprint density at radius 3 is 2.72 bits per heavy atom. The van der Waals surface area contributed by atoms with Crippen LogP contribution in [0.2, 0.25) is 0 Å². The fourth-order valence-electron chi connectivity index (χ4n) is 3.42. The summed E-state index contributed by atoms with van der Waals surface area (Å²) in [5, 5.41) is 2.99. The second kappa shape index (κ2) is 6.55. The number of benzene rings is 2. The summed E-state index contributed by atoms with van der Waals surface area (Å²) in [6.45, 7) is 0. The number of rotatable bonds is 4. The highest BCUT2D eigenvalue weighted by Crippen LogP contribution is 2.25. The van der Waals surface area contributed by atoms with E-state index in [1.807, 2.05) is 49.5 Å². The van der Waals surface area contributed by atoms with Gasteiger partial charge in [0, 0.05) is 24.7 Å². The number of carbonyl (C=O) groups excluding carboxylic acids is 1. The number of para-hydroxylation sites is 2. The predicted molar refractivity (Wildman–Crippen MR) is 101 cm³/mol. The van der Waals surface area contributed by atoms with Crippen molar-refractivity contribution in [2.24, 2.45) is 13.0 Å². The molecule has 1 amide bonds. The molecule has 25 heavy (non-hydrogen) atoms. The molecular formula is C21H21N3O. The molecule has 1 aromatic heterocycles. The number of allylic oxidation sites excluding steroid dienone is 2. The van der Waals surface area contributed by atoms with Crippen molar-refractivity contribution in [3.8, 4) is 11.4 Å². The van der Waals surface area contributed by atoms with Crippen LogP contribution in [0.1, 0.15) is 19.3 Å². The fraction of sp³-hybridized carbons (Fsp3) is 0.238. The van der Waals surface area contributed by atoms with Gasteiger partial charge in [0.1, 0.15) is 5.82 Å². The third-order valence-corrected chi connectivity index (χ3v) is 4.77. The predicted octanol–water partition coefficient (Wildman–Crippen LogP) is 4.54. The molecule has 0 aliphatic heterocycles. The zero-order valence-electron chi connectivity index (χ0n) is 14.3. The Morgan fingerprint density at radius 1 is 1.20 bits per heavy atom. The van der Waals surface area contributed by atoms with Gasteiger partial charge < -0.3 is 9.88 Å². The van der Waals surface area contributed by atoms with Crippen LogP contribution in [0.4, 0.5) is 5.69 Å². The molecule has 1 heterocycles. The van der Waals surface area contributed by atoms with Crippen molar-refractivity contribution < 1.29 is 4.79 Å². The molecule has 0 radical (unpaired) electrons. The van der Waals surface area contributed by atoms with Crippen LogP contribution in [-0.2, 0) is 11.8 Å². The minimum atomic E-state index is 0.0760. The normalized spacial score (nSPS) is 16.4. The van der Waals surface area contributed by atoms with E-state index in [1.54, 1.807) is 0 Å². The number of hydrogen-bond acceptors (Lipinski definition) is 2. The van der Waals surface area contributed by atoms with Gasteiger partial charge in [-0.05, 0) is 55.2 Å². The minimum absolute atomic E-state index is 0.0760. The lowest BCUT2D eigenvalue weighted by Crippen LogP contribution is -2.14. The summed E-state index contributed by atoms with van der Waals surface area (Å²) in [4.78, 5) is 16.8. The Morgan fingerprint density at radius 2 is 2.00 bits per heavy atom.